The Kier molecular flexibility index (Phi) is 5.57. The van der Waals surface area contributed by atoms with Crippen molar-refractivity contribution in [3.63, 3.8) is 0 Å². The van der Waals surface area contributed by atoms with Gasteiger partial charge >= 0.3 is 6.03 Å². The number of rotatable bonds is 4. The van der Waals surface area contributed by atoms with Crippen molar-refractivity contribution in [1.29, 1.82) is 0 Å². The van der Waals surface area contributed by atoms with Crippen LogP contribution in [0.15, 0.2) is 24.3 Å². The third-order valence-electron chi connectivity index (χ3n) is 3.51. The molecule has 0 fully saturated rings. The quantitative estimate of drug-likeness (QED) is 0.889. The van der Waals surface area contributed by atoms with E-state index in [4.69, 9.17) is 5.11 Å². The standard InChI is InChI=1S/C16H26N2O2/c1-12(11-19)18(5)15(20)17-10-13-6-8-14(9-7-13)16(2,3)4/h6-9,12,19H,10-11H2,1-5H3,(H,17,20). The maximum Gasteiger partial charge on any atom is 0.317 e. The van der Waals surface area contributed by atoms with Crippen molar-refractivity contribution in [3.8, 4) is 0 Å². The maximum absolute atomic E-state index is 11.8. The van der Waals surface area contributed by atoms with Crippen LogP contribution in [-0.4, -0.2) is 35.7 Å². The van der Waals surface area contributed by atoms with Gasteiger partial charge in [-0.1, -0.05) is 45.0 Å². The van der Waals surface area contributed by atoms with E-state index in [9.17, 15) is 4.79 Å². The first-order valence-electron chi connectivity index (χ1n) is 6.96. The fourth-order valence-electron chi connectivity index (χ4n) is 1.75. The molecule has 1 aromatic rings. The molecule has 1 unspecified atom stereocenters. The summed E-state index contributed by atoms with van der Waals surface area (Å²) >= 11 is 0. The Morgan fingerprint density at radius 1 is 1.30 bits per heavy atom. The van der Waals surface area contributed by atoms with Crippen LogP contribution in [0.1, 0.15) is 38.8 Å². The number of carbonyl (C=O) groups is 1. The SMILES string of the molecule is CC(CO)N(C)C(=O)NCc1ccc(C(C)(C)C)cc1. The topological polar surface area (TPSA) is 52.6 Å². The molecule has 0 aliphatic rings. The molecule has 112 valence electrons. The number of likely N-dealkylation sites (N-methyl/N-ethyl adjacent to an activating group) is 1. The van der Waals surface area contributed by atoms with Gasteiger partial charge in [-0.3, -0.25) is 0 Å². The Morgan fingerprint density at radius 3 is 2.30 bits per heavy atom. The van der Waals surface area contributed by atoms with Gasteiger partial charge in [0.1, 0.15) is 0 Å². The number of amides is 2. The van der Waals surface area contributed by atoms with E-state index in [1.165, 1.54) is 10.5 Å². The van der Waals surface area contributed by atoms with Crippen LogP contribution in [0.25, 0.3) is 0 Å². The highest BCUT2D eigenvalue weighted by atomic mass is 16.3. The van der Waals surface area contributed by atoms with Crippen LogP contribution >= 0.6 is 0 Å². The van der Waals surface area contributed by atoms with E-state index in [1.807, 2.05) is 12.1 Å². The molecule has 0 saturated heterocycles. The third kappa shape index (κ3) is 4.53. The summed E-state index contributed by atoms with van der Waals surface area (Å²) in [7, 11) is 1.68. The van der Waals surface area contributed by atoms with Crippen LogP contribution in [-0.2, 0) is 12.0 Å². The highest BCUT2D eigenvalue weighted by Gasteiger charge is 2.15. The highest BCUT2D eigenvalue weighted by Crippen LogP contribution is 2.22. The summed E-state index contributed by atoms with van der Waals surface area (Å²) in [6.07, 6.45) is 0. The second kappa shape index (κ2) is 6.75. The number of aliphatic hydroxyl groups excluding tert-OH is 1. The smallest absolute Gasteiger partial charge is 0.317 e. The molecule has 0 bridgehead atoms. The van der Waals surface area contributed by atoms with E-state index < -0.39 is 0 Å². The first kappa shape index (κ1) is 16.5. The van der Waals surface area contributed by atoms with Crippen LogP contribution < -0.4 is 5.32 Å². The lowest BCUT2D eigenvalue weighted by molar-refractivity contribution is 0.157. The second-order valence-corrected chi connectivity index (χ2v) is 6.25. The van der Waals surface area contributed by atoms with Gasteiger partial charge in [-0.05, 0) is 23.5 Å². The van der Waals surface area contributed by atoms with E-state index in [2.05, 4.69) is 38.2 Å². The molecule has 1 aromatic carbocycles. The number of nitrogens with one attached hydrogen (secondary N) is 1. The van der Waals surface area contributed by atoms with Gasteiger partial charge in [-0.25, -0.2) is 4.79 Å². The molecule has 0 heterocycles. The van der Waals surface area contributed by atoms with Gasteiger partial charge < -0.3 is 15.3 Å². The summed E-state index contributed by atoms with van der Waals surface area (Å²) in [5.74, 6) is 0. The summed E-state index contributed by atoms with van der Waals surface area (Å²) in [5, 5.41) is 11.9. The second-order valence-electron chi connectivity index (χ2n) is 6.25. The average Bonchev–Trinajstić information content (AvgIpc) is 2.42. The zero-order valence-electron chi connectivity index (χ0n) is 13.1. The summed E-state index contributed by atoms with van der Waals surface area (Å²) in [6, 6.07) is 7.92. The zero-order chi connectivity index (χ0) is 15.3. The monoisotopic (exact) mass is 278 g/mol. The minimum absolute atomic E-state index is 0.0375. The normalized spacial score (nSPS) is 12.9. The molecule has 0 aliphatic carbocycles. The number of urea groups is 1. The van der Waals surface area contributed by atoms with Gasteiger partial charge in [0.15, 0.2) is 0 Å². The Morgan fingerprint density at radius 2 is 1.85 bits per heavy atom. The van der Waals surface area contributed by atoms with Gasteiger partial charge in [0.25, 0.3) is 0 Å². The molecule has 0 radical (unpaired) electrons. The Bertz CT molecular complexity index is 435. The van der Waals surface area contributed by atoms with Gasteiger partial charge in [-0.15, -0.1) is 0 Å². The van der Waals surface area contributed by atoms with Crippen molar-refractivity contribution in [2.45, 2.75) is 45.7 Å². The van der Waals surface area contributed by atoms with Gasteiger partial charge in [0, 0.05) is 13.6 Å². The highest BCUT2D eigenvalue weighted by molar-refractivity contribution is 5.74. The zero-order valence-corrected chi connectivity index (χ0v) is 13.1. The summed E-state index contributed by atoms with van der Waals surface area (Å²) in [6.45, 7) is 8.78. The van der Waals surface area contributed by atoms with E-state index in [0.717, 1.165) is 5.56 Å². The van der Waals surface area contributed by atoms with Crippen molar-refractivity contribution >= 4 is 6.03 Å². The van der Waals surface area contributed by atoms with Gasteiger partial charge in [0.2, 0.25) is 0 Å². The Hall–Kier alpha value is -1.55. The molecule has 0 aromatic heterocycles. The van der Waals surface area contributed by atoms with E-state index in [1.54, 1.807) is 14.0 Å². The van der Waals surface area contributed by atoms with E-state index >= 15 is 0 Å². The minimum atomic E-state index is -0.182. The van der Waals surface area contributed by atoms with Crippen LogP contribution in [0.4, 0.5) is 4.79 Å². The molecule has 2 N–H and O–H groups in total. The molecule has 20 heavy (non-hydrogen) atoms. The van der Waals surface area contributed by atoms with Crippen LogP contribution in [0.3, 0.4) is 0 Å². The fraction of sp³-hybridized carbons (Fsp3) is 0.562. The van der Waals surface area contributed by atoms with E-state index in [-0.39, 0.29) is 24.1 Å². The first-order chi connectivity index (χ1) is 9.25. The average molecular weight is 278 g/mol. The molecule has 1 rings (SSSR count). The lowest BCUT2D eigenvalue weighted by Gasteiger charge is -2.23. The van der Waals surface area contributed by atoms with Crippen molar-refractivity contribution in [3.05, 3.63) is 35.4 Å². The molecular weight excluding hydrogens is 252 g/mol. The van der Waals surface area contributed by atoms with Gasteiger partial charge in [0.05, 0.1) is 12.6 Å². The maximum atomic E-state index is 11.8. The first-order valence-corrected chi connectivity index (χ1v) is 6.96. The molecular formula is C16H26N2O2. The number of hydrogen-bond acceptors (Lipinski definition) is 2. The summed E-state index contributed by atoms with van der Waals surface area (Å²) in [5.41, 5.74) is 2.48. The van der Waals surface area contributed by atoms with Gasteiger partial charge in [-0.2, -0.15) is 0 Å². The molecule has 2 amide bonds. The van der Waals surface area contributed by atoms with E-state index in [0.29, 0.717) is 6.54 Å². The van der Waals surface area contributed by atoms with Crippen molar-refractivity contribution < 1.29 is 9.90 Å². The predicted octanol–water partition coefficient (Wildman–Crippen LogP) is 2.51. The molecule has 0 aliphatic heterocycles. The molecule has 4 nitrogen and oxygen atoms in total. The van der Waals surface area contributed by atoms with Crippen molar-refractivity contribution in [1.82, 2.24) is 10.2 Å². The minimum Gasteiger partial charge on any atom is -0.394 e. The largest absolute Gasteiger partial charge is 0.394 e. The molecule has 0 saturated carbocycles. The third-order valence-corrected chi connectivity index (χ3v) is 3.51. The number of benzene rings is 1. The Balaban J connectivity index is 2.56. The molecule has 0 spiro atoms. The Labute approximate surface area is 121 Å². The lowest BCUT2D eigenvalue weighted by Crippen LogP contribution is -2.43. The summed E-state index contributed by atoms with van der Waals surface area (Å²) < 4.78 is 0. The fourth-order valence-corrected chi connectivity index (χ4v) is 1.75. The predicted molar refractivity (Wildman–Crippen MR) is 81.7 cm³/mol. The molecule has 1 atom stereocenters. The number of aliphatic hydroxyl groups is 1. The van der Waals surface area contributed by atoms with Crippen LogP contribution in [0.5, 0.6) is 0 Å². The lowest BCUT2D eigenvalue weighted by atomic mass is 9.87. The number of nitrogens with zero attached hydrogens (tertiary/aromatic N) is 1. The van der Waals surface area contributed by atoms with Crippen molar-refractivity contribution in [2.24, 2.45) is 0 Å². The molecule has 4 heteroatoms. The van der Waals surface area contributed by atoms with Crippen molar-refractivity contribution in [2.75, 3.05) is 13.7 Å². The number of hydrogen-bond donors (Lipinski definition) is 2. The van der Waals surface area contributed by atoms with Crippen LogP contribution in [0, 0.1) is 0 Å². The van der Waals surface area contributed by atoms with Crippen LogP contribution in [0.2, 0.25) is 0 Å². The summed E-state index contributed by atoms with van der Waals surface area (Å²) in [4.78, 5) is 13.4. The number of carbonyl (C=O) groups excluding carboxylic acids is 1.